The highest BCUT2D eigenvalue weighted by Gasteiger charge is 2.35. The number of carboxylic acid groups (broad SMARTS) is 1. The smallest absolute Gasteiger partial charge is 0.341 e. The minimum Gasteiger partial charge on any atom is -0.478 e. The Morgan fingerprint density at radius 3 is 1.26 bits per heavy atom. The highest BCUT2D eigenvalue weighted by molar-refractivity contribution is 7.55. The number of hydrogen-bond donors (Lipinski definition) is 2. The molecule has 0 radical (unpaired) electrons. The zero-order valence-electron chi connectivity index (χ0n) is 59.3. The number of carbonyl (C=O) groups is 10. The molecule has 97 heavy (non-hydrogen) atoms. The van der Waals surface area contributed by atoms with Crippen LogP contribution in [0.25, 0.3) is 24.3 Å². The van der Waals surface area contributed by atoms with E-state index in [0.717, 1.165) is 47.9 Å². The van der Waals surface area contributed by atoms with Crippen LogP contribution in [0.3, 0.4) is 0 Å². The molecule has 2 aliphatic rings. The highest BCUT2D eigenvalue weighted by atomic mass is 35.5. The molecule has 0 fully saturated rings. The minimum atomic E-state index is -3.22. The number of aryl methyl sites for hydroxylation is 5. The fourth-order valence-electron chi connectivity index (χ4n) is 6.74. The molecule has 5 aromatic heterocycles. The van der Waals surface area contributed by atoms with E-state index in [9.17, 15) is 52.5 Å². The van der Waals surface area contributed by atoms with Crippen LogP contribution in [-0.2, 0) is 101 Å². The number of amides is 3. The Morgan fingerprint density at radius 2 is 0.979 bits per heavy atom. The molecule has 7 heterocycles. The van der Waals surface area contributed by atoms with Gasteiger partial charge in [-0.3, -0.25) is 66.4 Å². The fourth-order valence-corrected chi connectivity index (χ4v) is 8.42. The van der Waals surface area contributed by atoms with E-state index in [4.69, 9.17) is 35.2 Å². The minimum absolute atomic E-state index is 0.0336. The summed E-state index contributed by atoms with van der Waals surface area (Å²) in [5.41, 5.74) is 4.01. The second-order valence-electron chi connectivity index (χ2n) is 23.3. The van der Waals surface area contributed by atoms with E-state index in [-0.39, 0.29) is 53.3 Å². The predicted molar refractivity (Wildman–Crippen MR) is 369 cm³/mol. The first kappa shape index (κ1) is 87.6. The van der Waals surface area contributed by atoms with Crippen molar-refractivity contribution in [2.75, 3.05) is 32.9 Å². The van der Waals surface area contributed by atoms with Crippen LogP contribution in [0.15, 0.2) is 109 Å². The highest BCUT2D eigenvalue weighted by Crippen LogP contribution is 2.53. The van der Waals surface area contributed by atoms with Crippen LogP contribution in [0, 0.1) is 10.8 Å². The number of aromatic nitrogens is 10. The third-order valence-corrected chi connectivity index (χ3v) is 15.2. The van der Waals surface area contributed by atoms with Gasteiger partial charge in [0.25, 0.3) is 11.8 Å². The molecule has 1 atom stereocenters. The van der Waals surface area contributed by atoms with E-state index in [0.29, 0.717) is 41.0 Å². The average molecular weight is 1390 g/mol. The van der Waals surface area contributed by atoms with Gasteiger partial charge in [-0.25, -0.2) is 14.4 Å². The molecule has 7 rings (SSSR count). The first-order chi connectivity index (χ1) is 45.1. The van der Waals surface area contributed by atoms with Gasteiger partial charge >= 0.3 is 31.5 Å². The summed E-state index contributed by atoms with van der Waals surface area (Å²) in [6.45, 7) is 27.4. The molecular weight excluding hydrogens is 1300 g/mol. The summed E-state index contributed by atoms with van der Waals surface area (Å²) in [6.07, 6.45) is 32.8. The zero-order chi connectivity index (χ0) is 74.4. The van der Waals surface area contributed by atoms with Gasteiger partial charge in [-0.05, 0) is 144 Å². The molecule has 1 unspecified atom stereocenters. The molecule has 0 saturated carbocycles. The fraction of sp³-hybridized carbons (Fsp3) is 0.448. The zero-order valence-corrected chi connectivity index (χ0v) is 61.0. The van der Waals surface area contributed by atoms with Crippen LogP contribution in [0.1, 0.15) is 149 Å². The number of aldehydes is 1. The van der Waals surface area contributed by atoms with Gasteiger partial charge in [0.2, 0.25) is 11.1 Å². The van der Waals surface area contributed by atoms with Gasteiger partial charge < -0.3 is 28.9 Å². The molecule has 0 spiro atoms. The number of nitrogens with one attached hydrogen (secondary N) is 1. The monoisotopic (exact) mass is 1390 g/mol. The molecule has 2 aliphatic heterocycles. The summed E-state index contributed by atoms with van der Waals surface area (Å²) in [7, 11) is 5.77. The number of nitrogens with zero attached hydrogens (tertiary/aromatic N) is 11. The van der Waals surface area contributed by atoms with E-state index >= 15 is 0 Å². The van der Waals surface area contributed by atoms with Gasteiger partial charge in [0.05, 0.1) is 61.8 Å². The first-order valence-electron chi connectivity index (χ1n) is 30.5. The maximum atomic E-state index is 12.1. The summed E-state index contributed by atoms with van der Waals surface area (Å²) in [6, 6.07) is 0. The lowest BCUT2D eigenvalue weighted by Gasteiger charge is -2.21. The number of aliphatic carboxylic acids is 1. The summed E-state index contributed by atoms with van der Waals surface area (Å²) in [4.78, 5) is 111. The van der Waals surface area contributed by atoms with E-state index in [1.165, 1.54) is 24.1 Å². The molecule has 0 bridgehead atoms. The molecule has 28 nitrogen and oxygen atoms in total. The van der Waals surface area contributed by atoms with Crippen LogP contribution < -0.4 is 5.32 Å². The Hall–Kier alpha value is -9.37. The summed E-state index contributed by atoms with van der Waals surface area (Å²) in [5.74, 6) is -2.98. The molecule has 5 aromatic rings. The molecule has 532 valence electrons. The topological polar surface area (TPSA) is 349 Å². The van der Waals surface area contributed by atoms with Gasteiger partial charge in [0.1, 0.15) is 11.4 Å². The number of ether oxygens (including phenoxy) is 2. The van der Waals surface area contributed by atoms with Crippen molar-refractivity contribution in [3.05, 3.63) is 136 Å². The van der Waals surface area contributed by atoms with Crippen molar-refractivity contribution >= 4 is 102 Å². The molecule has 3 amide bonds. The number of carbonyl (C=O) groups excluding carboxylic acids is 9. The Balaban J connectivity index is 0.00000111. The van der Waals surface area contributed by atoms with Crippen molar-refractivity contribution in [2.45, 2.75) is 122 Å². The van der Waals surface area contributed by atoms with E-state index in [1.807, 2.05) is 32.6 Å². The number of ketones is 1. The summed E-state index contributed by atoms with van der Waals surface area (Å²) >= 11 is 5.11. The van der Waals surface area contributed by atoms with Gasteiger partial charge in [0, 0.05) is 129 Å². The molecule has 0 saturated heterocycles. The first-order valence-corrected chi connectivity index (χ1v) is 32.5. The maximum absolute atomic E-state index is 12.1. The number of imide groups is 1. The average Bonchev–Trinajstić information content (AvgIpc) is 1.71. The lowest BCUT2D eigenvalue weighted by Crippen LogP contribution is -2.38. The number of esters is 3. The van der Waals surface area contributed by atoms with Gasteiger partial charge in [-0.2, -0.15) is 25.5 Å². The number of Topliss-reactive ketones (excluding diaryl/α,β-unsaturated/α-hetero) is 1. The van der Waals surface area contributed by atoms with Crippen molar-refractivity contribution in [3.8, 4) is 0 Å². The van der Waals surface area contributed by atoms with E-state index in [1.54, 1.807) is 221 Å². The SMILES string of the molecule is C/C(=C\c1cnn(C)c1)C(=O)N1CCC=CC1=O.C/C(=C\c1cnn(C)c1)C(=O)O.C/C(=C\c1cnn(C)c1)C(=O)OC(=O)C(C)(C)C.CC(C)(C)C(=O)Cl.CCOC(=O)/C(C)=C/c1cnn(C)c1.CCOP(=O)(OCC)C(C)C(C)=O.Cn1cc(C=O)cn1.O=C1C=CCCN1. The third-order valence-electron chi connectivity index (χ3n) is 12.1. The molecule has 0 aliphatic carbocycles. The Kier molecular flexibility index (Phi) is 40.1. The Labute approximate surface area is 573 Å². The van der Waals surface area contributed by atoms with Gasteiger partial charge in [0.15, 0.2) is 6.29 Å². The number of carboxylic acids is 1. The predicted octanol–water partition coefficient (Wildman–Crippen LogP) is 9.70. The molecular formula is C67H96ClN12O16P. The quantitative estimate of drug-likeness (QED) is 0.0232. The third kappa shape index (κ3) is 36.9. The van der Waals surface area contributed by atoms with E-state index in [2.05, 4.69) is 30.8 Å². The van der Waals surface area contributed by atoms with Crippen LogP contribution in [-0.4, -0.2) is 156 Å². The molecule has 2 N–H and O–H groups in total. The van der Waals surface area contributed by atoms with Crippen molar-refractivity contribution in [1.29, 1.82) is 0 Å². The van der Waals surface area contributed by atoms with Crippen molar-refractivity contribution in [1.82, 2.24) is 59.1 Å². The van der Waals surface area contributed by atoms with E-state index < -0.39 is 36.6 Å². The van der Waals surface area contributed by atoms with Crippen LogP contribution in [0.4, 0.5) is 0 Å². The van der Waals surface area contributed by atoms with Crippen molar-refractivity contribution in [2.24, 2.45) is 46.1 Å². The van der Waals surface area contributed by atoms with Crippen LogP contribution in [0.5, 0.6) is 0 Å². The van der Waals surface area contributed by atoms with Crippen LogP contribution >= 0.6 is 19.2 Å². The normalized spacial score (nSPS) is 13.3. The van der Waals surface area contributed by atoms with Crippen LogP contribution in [0.2, 0.25) is 0 Å². The number of halogens is 1. The second kappa shape index (κ2) is 44.4. The van der Waals surface area contributed by atoms with Crippen molar-refractivity contribution in [3.63, 3.8) is 0 Å². The van der Waals surface area contributed by atoms with Crippen molar-refractivity contribution < 1.29 is 76.1 Å². The Bertz CT molecular complexity index is 3650. The number of hydrogen-bond acceptors (Lipinski definition) is 20. The molecule has 0 aromatic carbocycles. The molecule has 30 heteroatoms. The van der Waals surface area contributed by atoms with Gasteiger partial charge in [-0.1, -0.05) is 32.9 Å². The lowest BCUT2D eigenvalue weighted by molar-refractivity contribution is -0.163. The largest absolute Gasteiger partial charge is 0.478 e. The van der Waals surface area contributed by atoms with Gasteiger partial charge in [-0.15, -0.1) is 0 Å². The number of rotatable bonds is 16. The summed E-state index contributed by atoms with van der Waals surface area (Å²) in [5, 5.41) is 30.6. The standard InChI is InChI=1S/C13H15N3O2.C13H18N2O3.C10H14N2O2.C8H10N2O2.C8H17O4P.C5H9ClO.C5H6N2O.C5H7NO/c1-10(7-11-8-14-15(2)9-11)13(18)16-6-4-3-5-12(16)17;1-9(6-10-7-14-15(5)8-10)11(16)18-12(17)13(2,3)4;1-4-14-10(13)8(2)5-9-6-11-12(3)7-9;1-6(8(11)12)3-7-4-9-10(2)5-7;1-5-11-13(10,12-6-2)8(4)7(3)9;1-5(2,3)4(6)7;1-7-3-5(4-8)2-6-7;7-5-3-1-2-4-6-5/h3,5,7-9H,4,6H2,1-2H3;6-8H,1-5H3;5-7H,4H2,1-3H3;3-5H,1-2H3,(H,11,12);8H,5-6H2,1-4H3;1-3H3;2-4H,1H3;1,3H,2,4H2,(H,6,7)/b10-7+;9-6+;8-5+;6-3+;;;;. The summed E-state index contributed by atoms with van der Waals surface area (Å²) < 4.78 is 39.7. The Morgan fingerprint density at radius 1 is 0.598 bits per heavy atom. The second-order valence-corrected chi connectivity index (χ2v) is 26.0. The lowest BCUT2D eigenvalue weighted by atomic mass is 9.97. The maximum Gasteiger partial charge on any atom is 0.341 e.